The maximum absolute atomic E-state index is 12.6. The number of carbonyl (C=O) groups is 1. The normalized spacial score (nSPS) is 17.5. The minimum atomic E-state index is -0.00952. The molecule has 4 aromatic rings. The molecule has 0 saturated heterocycles. The highest BCUT2D eigenvalue weighted by atomic mass is 16.1. The second-order valence-electron chi connectivity index (χ2n) is 6.85. The number of H-pyrrole nitrogens is 2. The molecule has 2 aromatic heterocycles. The number of aromatic nitrogens is 2. The van der Waals surface area contributed by atoms with Crippen LogP contribution in [0.3, 0.4) is 0 Å². The van der Waals surface area contributed by atoms with Crippen LogP contribution in [0.5, 0.6) is 0 Å². The van der Waals surface area contributed by atoms with Crippen molar-refractivity contribution in [3.05, 3.63) is 71.0 Å². The lowest BCUT2D eigenvalue weighted by Gasteiger charge is -2.15. The Bertz CT molecular complexity index is 1120. The molecule has 0 aliphatic carbocycles. The van der Waals surface area contributed by atoms with Gasteiger partial charge in [-0.15, -0.1) is 0 Å². The minimum absolute atomic E-state index is 0.00952. The number of para-hydroxylation sites is 1. The fourth-order valence-corrected chi connectivity index (χ4v) is 4.12. The summed E-state index contributed by atoms with van der Waals surface area (Å²) >= 11 is 0. The van der Waals surface area contributed by atoms with Gasteiger partial charge in [0.25, 0.3) is 5.91 Å². The molecule has 0 radical (unpaired) electrons. The third-order valence-electron chi connectivity index (χ3n) is 5.28. The number of aromatic amines is 2. The van der Waals surface area contributed by atoms with Crippen molar-refractivity contribution in [2.24, 2.45) is 0 Å². The number of carbonyl (C=O) groups excluding carboxylic acids is 1. The van der Waals surface area contributed by atoms with Crippen LogP contribution >= 0.6 is 0 Å². The molecule has 0 unspecified atom stereocenters. The van der Waals surface area contributed by atoms with Gasteiger partial charge in [0, 0.05) is 40.5 Å². The first-order valence-electron chi connectivity index (χ1n) is 8.69. The molecule has 25 heavy (non-hydrogen) atoms. The molecular formula is C21H19N3O. The van der Waals surface area contributed by atoms with Crippen LogP contribution in [0.1, 0.15) is 39.5 Å². The Balaban J connectivity index is 1.80. The Labute approximate surface area is 145 Å². The highest BCUT2D eigenvalue weighted by molar-refractivity contribution is 6.02. The van der Waals surface area contributed by atoms with Gasteiger partial charge in [0.15, 0.2) is 0 Å². The van der Waals surface area contributed by atoms with Gasteiger partial charge in [0.05, 0.1) is 0 Å². The van der Waals surface area contributed by atoms with Crippen molar-refractivity contribution in [3.8, 4) is 0 Å². The van der Waals surface area contributed by atoms with E-state index in [1.807, 2.05) is 18.2 Å². The largest absolute Gasteiger partial charge is 0.361 e. The molecule has 1 aliphatic rings. The molecular weight excluding hydrogens is 310 g/mol. The zero-order valence-electron chi connectivity index (χ0n) is 14.0. The first-order valence-corrected chi connectivity index (χ1v) is 8.69. The Morgan fingerprint density at radius 3 is 2.84 bits per heavy atom. The fourth-order valence-electron chi connectivity index (χ4n) is 4.12. The standard InChI is InChI=1S/C21H19N3O/c1-12-6-7-17-15(10-12)16(11-23-17)13-8-9-22-21(25)20-19(13)14-4-2-3-5-18(14)24-20/h2-7,10-11,13,23-24H,8-9H2,1H3,(H,22,25)/t13-/m0/s1. The van der Waals surface area contributed by atoms with E-state index in [9.17, 15) is 4.79 Å². The molecule has 0 fully saturated rings. The summed E-state index contributed by atoms with van der Waals surface area (Å²) in [5, 5.41) is 5.42. The van der Waals surface area contributed by atoms with Gasteiger partial charge in [-0.25, -0.2) is 0 Å². The van der Waals surface area contributed by atoms with Crippen LogP contribution in [0.4, 0.5) is 0 Å². The van der Waals surface area contributed by atoms with E-state index in [0.29, 0.717) is 12.2 Å². The van der Waals surface area contributed by atoms with Crippen molar-refractivity contribution in [1.82, 2.24) is 15.3 Å². The van der Waals surface area contributed by atoms with Gasteiger partial charge >= 0.3 is 0 Å². The van der Waals surface area contributed by atoms with Crippen molar-refractivity contribution in [1.29, 1.82) is 0 Å². The third-order valence-corrected chi connectivity index (χ3v) is 5.28. The summed E-state index contributed by atoms with van der Waals surface area (Å²) in [6.45, 7) is 2.80. The number of fused-ring (bicyclic) bond motifs is 4. The molecule has 3 N–H and O–H groups in total. The van der Waals surface area contributed by atoms with Crippen molar-refractivity contribution in [3.63, 3.8) is 0 Å². The van der Waals surface area contributed by atoms with Crippen LogP contribution in [0.2, 0.25) is 0 Å². The van der Waals surface area contributed by atoms with E-state index >= 15 is 0 Å². The molecule has 4 nitrogen and oxygen atoms in total. The summed E-state index contributed by atoms with van der Waals surface area (Å²) in [7, 11) is 0. The van der Waals surface area contributed by atoms with Crippen molar-refractivity contribution in [2.75, 3.05) is 6.54 Å². The van der Waals surface area contributed by atoms with Gasteiger partial charge in [-0.2, -0.15) is 0 Å². The maximum atomic E-state index is 12.6. The SMILES string of the molecule is Cc1ccc2[nH]cc([C@@H]3CCNC(=O)c4[nH]c5ccccc5c43)c2c1. The van der Waals surface area contributed by atoms with Crippen LogP contribution in [0.25, 0.3) is 21.8 Å². The zero-order chi connectivity index (χ0) is 17.0. The number of amides is 1. The lowest BCUT2D eigenvalue weighted by molar-refractivity contribution is 0.0952. The summed E-state index contributed by atoms with van der Waals surface area (Å²) in [5.74, 6) is 0.172. The molecule has 1 atom stereocenters. The van der Waals surface area contributed by atoms with Crippen LogP contribution in [0.15, 0.2) is 48.7 Å². The summed E-state index contributed by atoms with van der Waals surface area (Å²) in [4.78, 5) is 19.3. The van der Waals surface area contributed by atoms with Crippen molar-refractivity contribution < 1.29 is 4.79 Å². The lowest BCUT2D eigenvalue weighted by Crippen LogP contribution is -2.23. The van der Waals surface area contributed by atoms with E-state index in [1.165, 1.54) is 16.5 Å². The quantitative estimate of drug-likeness (QED) is 0.481. The zero-order valence-corrected chi connectivity index (χ0v) is 14.0. The van der Waals surface area contributed by atoms with E-state index < -0.39 is 0 Å². The summed E-state index contributed by atoms with van der Waals surface area (Å²) in [5.41, 5.74) is 6.49. The lowest BCUT2D eigenvalue weighted by atomic mass is 9.87. The van der Waals surface area contributed by atoms with Gasteiger partial charge in [-0.05, 0) is 42.7 Å². The van der Waals surface area contributed by atoms with Gasteiger partial charge in [0.2, 0.25) is 0 Å². The molecule has 0 saturated carbocycles. The second-order valence-corrected chi connectivity index (χ2v) is 6.85. The van der Waals surface area contributed by atoms with Gasteiger partial charge in [-0.3, -0.25) is 4.79 Å². The van der Waals surface area contributed by atoms with Crippen molar-refractivity contribution >= 4 is 27.7 Å². The van der Waals surface area contributed by atoms with Gasteiger partial charge in [0.1, 0.15) is 5.69 Å². The van der Waals surface area contributed by atoms with E-state index in [0.717, 1.165) is 28.4 Å². The average Bonchev–Trinajstić information content (AvgIpc) is 3.16. The monoisotopic (exact) mass is 329 g/mol. The highest BCUT2D eigenvalue weighted by Crippen LogP contribution is 2.40. The molecule has 3 heterocycles. The predicted molar refractivity (Wildman–Crippen MR) is 100 cm³/mol. The fraction of sp³-hybridized carbons (Fsp3) is 0.190. The third kappa shape index (κ3) is 2.10. The van der Waals surface area contributed by atoms with Crippen LogP contribution in [-0.4, -0.2) is 22.4 Å². The highest BCUT2D eigenvalue weighted by Gasteiger charge is 2.29. The van der Waals surface area contributed by atoms with Gasteiger partial charge in [-0.1, -0.05) is 29.8 Å². The molecule has 2 aromatic carbocycles. The Hall–Kier alpha value is -3.01. The topological polar surface area (TPSA) is 60.7 Å². The average molecular weight is 329 g/mol. The molecule has 0 bridgehead atoms. The Kier molecular flexibility index (Phi) is 3.01. The number of aryl methyl sites for hydroxylation is 1. The first kappa shape index (κ1) is 14.3. The first-order chi connectivity index (χ1) is 12.2. The number of nitrogens with one attached hydrogen (secondary N) is 3. The van der Waals surface area contributed by atoms with E-state index in [1.54, 1.807) is 0 Å². The minimum Gasteiger partial charge on any atom is -0.361 e. The number of hydrogen-bond acceptors (Lipinski definition) is 1. The molecule has 1 aliphatic heterocycles. The second kappa shape index (κ2) is 5.24. The predicted octanol–water partition coefficient (Wildman–Crippen LogP) is 4.22. The molecule has 4 heteroatoms. The summed E-state index contributed by atoms with van der Waals surface area (Å²) in [6.07, 6.45) is 3.00. The van der Waals surface area contributed by atoms with Gasteiger partial charge < -0.3 is 15.3 Å². The number of hydrogen-bond donors (Lipinski definition) is 3. The molecule has 124 valence electrons. The number of rotatable bonds is 1. The molecule has 1 amide bonds. The maximum Gasteiger partial charge on any atom is 0.268 e. The number of benzene rings is 2. The van der Waals surface area contributed by atoms with E-state index in [2.05, 4.69) is 52.7 Å². The smallest absolute Gasteiger partial charge is 0.268 e. The molecule has 5 rings (SSSR count). The Morgan fingerprint density at radius 2 is 1.92 bits per heavy atom. The van der Waals surface area contributed by atoms with E-state index in [4.69, 9.17) is 0 Å². The van der Waals surface area contributed by atoms with Crippen LogP contribution in [0, 0.1) is 6.92 Å². The van der Waals surface area contributed by atoms with E-state index in [-0.39, 0.29) is 11.8 Å². The van der Waals surface area contributed by atoms with Crippen LogP contribution in [-0.2, 0) is 0 Å². The summed E-state index contributed by atoms with van der Waals surface area (Å²) < 4.78 is 0. The summed E-state index contributed by atoms with van der Waals surface area (Å²) in [6, 6.07) is 14.7. The van der Waals surface area contributed by atoms with Crippen LogP contribution < -0.4 is 5.32 Å². The van der Waals surface area contributed by atoms with Crippen molar-refractivity contribution in [2.45, 2.75) is 19.3 Å². The molecule has 0 spiro atoms. The Morgan fingerprint density at radius 1 is 1.04 bits per heavy atom.